The predicted molar refractivity (Wildman–Crippen MR) is 99.7 cm³/mol. The number of ether oxygens (including phenoxy) is 5. The summed E-state index contributed by atoms with van der Waals surface area (Å²) in [4.78, 5) is 11.3. The van der Waals surface area contributed by atoms with Gasteiger partial charge < -0.3 is 23.7 Å². The van der Waals surface area contributed by atoms with E-state index in [9.17, 15) is 4.79 Å². The topological polar surface area (TPSA) is 63.2 Å². The Morgan fingerprint density at radius 1 is 0.769 bits per heavy atom. The molecule has 0 radical (unpaired) electrons. The molecule has 0 unspecified atom stereocenters. The molecule has 1 rings (SSSR count). The van der Waals surface area contributed by atoms with Gasteiger partial charge in [0.05, 0.1) is 59.5 Å². The molecular weight excluding hydrogens is 336 g/mol. The number of carbonyl (C=O) groups is 1. The Hall–Kier alpha value is -1.31. The van der Waals surface area contributed by atoms with Crippen LogP contribution in [-0.2, 0) is 30.3 Å². The highest BCUT2D eigenvalue weighted by Crippen LogP contribution is 2.07. The molecule has 1 aromatic rings. The molecule has 26 heavy (non-hydrogen) atoms. The summed E-state index contributed by atoms with van der Waals surface area (Å²) in [5, 5.41) is 0. The average Bonchev–Trinajstić information content (AvgIpc) is 2.65. The van der Waals surface area contributed by atoms with E-state index >= 15 is 0 Å². The summed E-state index contributed by atoms with van der Waals surface area (Å²) >= 11 is 0. The Morgan fingerprint density at radius 2 is 1.27 bits per heavy atom. The number of hydrogen-bond donors (Lipinski definition) is 0. The van der Waals surface area contributed by atoms with E-state index in [4.69, 9.17) is 23.7 Å². The Labute approximate surface area is 156 Å². The molecule has 0 spiro atoms. The third-order valence-corrected chi connectivity index (χ3v) is 3.44. The van der Waals surface area contributed by atoms with Gasteiger partial charge in [0.1, 0.15) is 0 Å². The third kappa shape index (κ3) is 12.1. The lowest BCUT2D eigenvalue weighted by Gasteiger charge is -2.08. The zero-order chi connectivity index (χ0) is 18.9. The van der Waals surface area contributed by atoms with Crippen molar-refractivity contribution in [2.24, 2.45) is 0 Å². The fraction of sp³-hybridized carbons (Fsp3) is 0.650. The first-order valence-electron chi connectivity index (χ1n) is 9.22. The SMILES string of the molecule is CCCOCCOCCOCCOCCOCc1cccc(C(C)=O)c1. The number of ketones is 1. The minimum absolute atomic E-state index is 0.0606. The number of rotatable bonds is 17. The molecular formula is C20H32O6. The smallest absolute Gasteiger partial charge is 0.159 e. The maximum absolute atomic E-state index is 11.3. The van der Waals surface area contributed by atoms with Crippen LogP contribution in [0.25, 0.3) is 0 Å². The van der Waals surface area contributed by atoms with Crippen LogP contribution in [0.4, 0.5) is 0 Å². The van der Waals surface area contributed by atoms with Gasteiger partial charge in [0, 0.05) is 12.2 Å². The van der Waals surface area contributed by atoms with Crippen LogP contribution < -0.4 is 0 Å². The predicted octanol–water partition coefficient (Wildman–Crippen LogP) is 2.88. The van der Waals surface area contributed by atoms with Crippen molar-refractivity contribution in [3.8, 4) is 0 Å². The van der Waals surface area contributed by atoms with Gasteiger partial charge in [-0.15, -0.1) is 0 Å². The van der Waals surface area contributed by atoms with Crippen molar-refractivity contribution in [2.75, 3.05) is 59.5 Å². The van der Waals surface area contributed by atoms with E-state index in [1.165, 1.54) is 0 Å². The van der Waals surface area contributed by atoms with Crippen molar-refractivity contribution in [3.63, 3.8) is 0 Å². The van der Waals surface area contributed by atoms with Gasteiger partial charge in [0.2, 0.25) is 0 Å². The van der Waals surface area contributed by atoms with Crippen molar-refractivity contribution >= 4 is 5.78 Å². The van der Waals surface area contributed by atoms with Gasteiger partial charge in [-0.2, -0.15) is 0 Å². The lowest BCUT2D eigenvalue weighted by molar-refractivity contribution is -0.0124. The number of carbonyl (C=O) groups excluding carboxylic acids is 1. The fourth-order valence-electron chi connectivity index (χ4n) is 2.09. The maximum atomic E-state index is 11.3. The lowest BCUT2D eigenvalue weighted by atomic mass is 10.1. The van der Waals surface area contributed by atoms with Gasteiger partial charge in [-0.1, -0.05) is 25.1 Å². The summed E-state index contributed by atoms with van der Waals surface area (Å²) in [6.07, 6.45) is 1.03. The number of Topliss-reactive ketones (excluding diaryl/α,β-unsaturated/α-hetero) is 1. The second kappa shape index (κ2) is 15.9. The summed E-state index contributed by atoms with van der Waals surface area (Å²) in [6, 6.07) is 7.47. The molecule has 0 bridgehead atoms. The second-order valence-corrected chi connectivity index (χ2v) is 5.76. The first kappa shape index (κ1) is 22.7. The molecule has 0 saturated carbocycles. The molecule has 0 saturated heterocycles. The number of hydrogen-bond acceptors (Lipinski definition) is 6. The summed E-state index contributed by atoms with van der Waals surface area (Å²) in [5.41, 5.74) is 1.69. The van der Waals surface area contributed by atoms with Crippen LogP contribution in [0.1, 0.15) is 36.2 Å². The highest BCUT2D eigenvalue weighted by Gasteiger charge is 2.00. The zero-order valence-corrected chi connectivity index (χ0v) is 16.0. The normalized spacial score (nSPS) is 11.0. The molecule has 0 aliphatic heterocycles. The molecule has 0 fully saturated rings. The standard InChI is InChI=1S/C20H32O6/c1-3-7-22-8-9-23-10-11-24-12-13-25-14-15-26-17-19-5-4-6-20(16-19)18(2)21/h4-6,16H,3,7-15,17H2,1-2H3. The Morgan fingerprint density at radius 3 is 1.77 bits per heavy atom. The first-order valence-corrected chi connectivity index (χ1v) is 9.22. The number of benzene rings is 1. The minimum atomic E-state index is 0.0606. The molecule has 0 aliphatic rings. The summed E-state index contributed by atoms with van der Waals surface area (Å²) in [7, 11) is 0. The largest absolute Gasteiger partial charge is 0.379 e. The molecule has 0 N–H and O–H groups in total. The molecule has 0 aliphatic carbocycles. The Bertz CT molecular complexity index is 477. The van der Waals surface area contributed by atoms with E-state index in [2.05, 4.69) is 6.92 Å². The molecule has 0 amide bonds. The zero-order valence-electron chi connectivity index (χ0n) is 16.0. The third-order valence-electron chi connectivity index (χ3n) is 3.44. The van der Waals surface area contributed by atoms with E-state index in [1.807, 2.05) is 18.2 Å². The van der Waals surface area contributed by atoms with E-state index in [-0.39, 0.29) is 5.78 Å². The minimum Gasteiger partial charge on any atom is -0.379 e. The van der Waals surface area contributed by atoms with Gasteiger partial charge in [-0.25, -0.2) is 0 Å². The second-order valence-electron chi connectivity index (χ2n) is 5.76. The van der Waals surface area contributed by atoms with Crippen LogP contribution in [-0.4, -0.2) is 65.2 Å². The Kier molecular flexibility index (Phi) is 13.9. The summed E-state index contributed by atoms with van der Waals surface area (Å²) < 4.78 is 27.1. The summed E-state index contributed by atoms with van der Waals surface area (Å²) in [6.45, 7) is 9.35. The van der Waals surface area contributed by atoms with Crippen molar-refractivity contribution in [3.05, 3.63) is 35.4 Å². The maximum Gasteiger partial charge on any atom is 0.159 e. The molecule has 6 heteroatoms. The first-order chi connectivity index (χ1) is 12.7. The molecule has 6 nitrogen and oxygen atoms in total. The molecule has 148 valence electrons. The molecule has 0 aromatic heterocycles. The van der Waals surface area contributed by atoms with Gasteiger partial charge in [0.15, 0.2) is 5.78 Å². The molecule has 1 aromatic carbocycles. The van der Waals surface area contributed by atoms with E-state index in [0.717, 1.165) is 18.6 Å². The van der Waals surface area contributed by atoms with Crippen molar-refractivity contribution in [1.29, 1.82) is 0 Å². The van der Waals surface area contributed by atoms with Gasteiger partial charge in [-0.05, 0) is 25.0 Å². The Balaban J connectivity index is 1.85. The highest BCUT2D eigenvalue weighted by molar-refractivity contribution is 5.94. The highest BCUT2D eigenvalue weighted by atomic mass is 16.6. The average molecular weight is 368 g/mol. The monoisotopic (exact) mass is 368 g/mol. The van der Waals surface area contributed by atoms with Gasteiger partial charge in [0.25, 0.3) is 0 Å². The van der Waals surface area contributed by atoms with Crippen LogP contribution in [0.2, 0.25) is 0 Å². The van der Waals surface area contributed by atoms with Crippen molar-refractivity contribution < 1.29 is 28.5 Å². The van der Waals surface area contributed by atoms with Crippen LogP contribution in [0, 0.1) is 0 Å². The van der Waals surface area contributed by atoms with Gasteiger partial charge in [-0.3, -0.25) is 4.79 Å². The van der Waals surface area contributed by atoms with E-state index < -0.39 is 0 Å². The fourth-order valence-corrected chi connectivity index (χ4v) is 2.09. The van der Waals surface area contributed by atoms with Crippen LogP contribution in [0.15, 0.2) is 24.3 Å². The van der Waals surface area contributed by atoms with Crippen LogP contribution in [0.5, 0.6) is 0 Å². The molecule has 0 heterocycles. The quantitative estimate of drug-likeness (QED) is 0.311. The van der Waals surface area contributed by atoms with E-state index in [1.54, 1.807) is 13.0 Å². The van der Waals surface area contributed by atoms with E-state index in [0.29, 0.717) is 65.0 Å². The summed E-state index contributed by atoms with van der Waals surface area (Å²) in [5.74, 6) is 0.0606. The van der Waals surface area contributed by atoms with Crippen LogP contribution >= 0.6 is 0 Å². The van der Waals surface area contributed by atoms with Crippen molar-refractivity contribution in [1.82, 2.24) is 0 Å². The van der Waals surface area contributed by atoms with Crippen molar-refractivity contribution in [2.45, 2.75) is 26.9 Å². The van der Waals surface area contributed by atoms with Gasteiger partial charge >= 0.3 is 0 Å². The van der Waals surface area contributed by atoms with Crippen LogP contribution in [0.3, 0.4) is 0 Å². The lowest BCUT2D eigenvalue weighted by Crippen LogP contribution is -2.13. The molecule has 0 atom stereocenters.